The summed E-state index contributed by atoms with van der Waals surface area (Å²) in [7, 11) is -2.37. The lowest BCUT2D eigenvalue weighted by Gasteiger charge is -2.22. The molecule has 1 aromatic heterocycles. The van der Waals surface area contributed by atoms with Gasteiger partial charge in [0.1, 0.15) is 5.76 Å². The molecule has 154 valence electrons. The van der Waals surface area contributed by atoms with E-state index in [1.165, 1.54) is 0 Å². The number of aromatic nitrogens is 1. The smallest absolute Gasteiger partial charge is 0.244 e. The Morgan fingerprint density at radius 2 is 1.97 bits per heavy atom. The minimum Gasteiger partial charge on any atom is -0.385 e. The summed E-state index contributed by atoms with van der Waals surface area (Å²) in [6.07, 6.45) is 0.455. The summed E-state index contributed by atoms with van der Waals surface area (Å²) in [4.78, 5) is 12.6. The Balaban J connectivity index is 1.88. The molecule has 1 N–H and O–H groups in total. The first-order valence-electron chi connectivity index (χ1n) is 9.12. The number of sulfonamides is 1. The molecule has 0 fully saturated rings. The van der Waals surface area contributed by atoms with E-state index < -0.39 is 15.9 Å². The number of methoxy groups -OCH3 is 1. The number of aryl methyl sites for hydroxylation is 1. The monoisotopic (exact) mass is 417 g/mol. The number of hydrogen-bond acceptors (Lipinski definition) is 6. The van der Waals surface area contributed by atoms with Crippen LogP contribution >= 0.6 is 0 Å². The lowest BCUT2D eigenvalue weighted by Crippen LogP contribution is -2.39. The second kappa shape index (κ2) is 9.17. The van der Waals surface area contributed by atoms with Crippen LogP contribution in [0, 0.1) is 6.92 Å². The highest BCUT2D eigenvalue weighted by Gasteiger charge is 2.28. The number of ether oxygens (including phenoxy) is 1. The van der Waals surface area contributed by atoms with E-state index in [2.05, 4.69) is 10.5 Å². The van der Waals surface area contributed by atoms with Crippen LogP contribution in [0.1, 0.15) is 12.2 Å². The fourth-order valence-corrected chi connectivity index (χ4v) is 4.65. The summed E-state index contributed by atoms with van der Waals surface area (Å²) in [6, 6.07) is 13.9. The molecule has 0 saturated heterocycles. The van der Waals surface area contributed by atoms with Crippen LogP contribution in [0.2, 0.25) is 0 Å². The molecule has 2 aromatic carbocycles. The molecule has 29 heavy (non-hydrogen) atoms. The van der Waals surface area contributed by atoms with E-state index in [0.717, 1.165) is 9.69 Å². The van der Waals surface area contributed by atoms with Crippen LogP contribution < -0.4 is 5.32 Å². The van der Waals surface area contributed by atoms with Crippen molar-refractivity contribution in [3.8, 4) is 0 Å². The average molecular weight is 417 g/mol. The van der Waals surface area contributed by atoms with Gasteiger partial charge in [-0.05, 0) is 24.8 Å². The molecule has 1 heterocycles. The first kappa shape index (κ1) is 21.0. The zero-order valence-corrected chi connectivity index (χ0v) is 17.1. The zero-order chi connectivity index (χ0) is 20.9. The fourth-order valence-electron chi connectivity index (χ4n) is 3.00. The molecule has 3 rings (SSSR count). The molecule has 0 aliphatic rings. The van der Waals surface area contributed by atoms with Crippen LogP contribution in [0.25, 0.3) is 10.8 Å². The number of fused-ring (bicyclic) bond motifs is 1. The first-order chi connectivity index (χ1) is 13.9. The molecule has 0 spiro atoms. The van der Waals surface area contributed by atoms with Gasteiger partial charge in [0.2, 0.25) is 15.9 Å². The van der Waals surface area contributed by atoms with Gasteiger partial charge in [0.25, 0.3) is 0 Å². The van der Waals surface area contributed by atoms with Crippen molar-refractivity contribution in [3.05, 3.63) is 54.3 Å². The number of benzene rings is 2. The summed E-state index contributed by atoms with van der Waals surface area (Å²) in [5.41, 5.74) is 0. The molecule has 0 atom stereocenters. The molecule has 8 nitrogen and oxygen atoms in total. The molecule has 0 aliphatic heterocycles. The average Bonchev–Trinajstić information content (AvgIpc) is 3.11. The van der Waals surface area contributed by atoms with E-state index in [4.69, 9.17) is 9.26 Å². The molecule has 3 aromatic rings. The Morgan fingerprint density at radius 3 is 2.69 bits per heavy atom. The number of amides is 1. The normalized spacial score (nSPS) is 11.8. The Morgan fingerprint density at radius 1 is 1.21 bits per heavy atom. The summed E-state index contributed by atoms with van der Waals surface area (Å²) in [5.74, 6) is 0.284. The maximum atomic E-state index is 13.4. The van der Waals surface area contributed by atoms with E-state index in [1.807, 2.05) is 18.2 Å². The molecular weight excluding hydrogens is 394 g/mol. The van der Waals surface area contributed by atoms with Crippen molar-refractivity contribution in [2.45, 2.75) is 18.2 Å². The summed E-state index contributed by atoms with van der Waals surface area (Å²) in [5, 5.41) is 7.69. The van der Waals surface area contributed by atoms with E-state index in [1.54, 1.807) is 44.4 Å². The van der Waals surface area contributed by atoms with Crippen molar-refractivity contribution in [2.24, 2.45) is 0 Å². The minimum absolute atomic E-state index is 0.144. The number of hydrogen-bond donors (Lipinski definition) is 1. The van der Waals surface area contributed by atoms with Gasteiger partial charge in [0.05, 0.1) is 11.4 Å². The van der Waals surface area contributed by atoms with Crippen LogP contribution in [-0.4, -0.2) is 50.6 Å². The highest BCUT2D eigenvalue weighted by Crippen LogP contribution is 2.26. The van der Waals surface area contributed by atoms with Gasteiger partial charge in [-0.25, -0.2) is 8.42 Å². The lowest BCUT2D eigenvalue weighted by molar-refractivity contribution is -0.116. The van der Waals surface area contributed by atoms with Gasteiger partial charge >= 0.3 is 0 Å². The molecular formula is C20H23N3O5S. The Labute approximate surface area is 169 Å². The SMILES string of the molecule is COCCCN(CC(=O)Nc1cc(C)on1)S(=O)(=O)c1cccc2ccccc12. The third kappa shape index (κ3) is 5.00. The summed E-state index contributed by atoms with van der Waals surface area (Å²) < 4.78 is 37.9. The van der Waals surface area contributed by atoms with Crippen LogP contribution in [0.4, 0.5) is 5.82 Å². The quantitative estimate of drug-likeness (QED) is 0.537. The first-order valence-corrected chi connectivity index (χ1v) is 10.6. The lowest BCUT2D eigenvalue weighted by atomic mass is 10.1. The number of nitrogens with one attached hydrogen (secondary N) is 1. The van der Waals surface area contributed by atoms with E-state index in [9.17, 15) is 13.2 Å². The highest BCUT2D eigenvalue weighted by atomic mass is 32.2. The number of carbonyl (C=O) groups excluding carboxylic acids is 1. The van der Waals surface area contributed by atoms with Crippen molar-refractivity contribution in [3.63, 3.8) is 0 Å². The van der Waals surface area contributed by atoms with Crippen molar-refractivity contribution in [1.29, 1.82) is 0 Å². The predicted octanol–water partition coefficient (Wildman–Crippen LogP) is 2.80. The van der Waals surface area contributed by atoms with Gasteiger partial charge in [0.15, 0.2) is 5.82 Å². The molecule has 0 bridgehead atoms. The number of rotatable bonds is 9. The molecule has 0 radical (unpaired) electrons. The Bertz CT molecular complexity index is 1090. The van der Waals surface area contributed by atoms with Crippen molar-refractivity contribution >= 4 is 32.5 Å². The van der Waals surface area contributed by atoms with E-state index in [-0.39, 0.29) is 23.8 Å². The maximum Gasteiger partial charge on any atom is 0.244 e. The Kier molecular flexibility index (Phi) is 6.63. The minimum atomic E-state index is -3.92. The predicted molar refractivity (Wildman–Crippen MR) is 109 cm³/mol. The third-order valence-corrected chi connectivity index (χ3v) is 6.24. The van der Waals surface area contributed by atoms with Crippen LogP contribution in [-0.2, 0) is 19.6 Å². The van der Waals surface area contributed by atoms with E-state index >= 15 is 0 Å². The summed E-state index contributed by atoms with van der Waals surface area (Å²) in [6.45, 7) is 1.88. The third-order valence-electron chi connectivity index (χ3n) is 4.34. The number of anilines is 1. The standard InChI is InChI=1S/C20H23N3O5S/c1-15-13-19(22-28-15)21-20(24)14-23(11-6-12-27-2)29(25,26)18-10-5-8-16-7-3-4-9-17(16)18/h3-5,7-10,13H,6,11-12,14H2,1-2H3,(H,21,22,24). The van der Waals surface area contributed by atoms with Crippen molar-refractivity contribution in [1.82, 2.24) is 9.46 Å². The second-order valence-corrected chi connectivity index (χ2v) is 8.44. The van der Waals surface area contributed by atoms with Crippen molar-refractivity contribution in [2.75, 3.05) is 32.1 Å². The van der Waals surface area contributed by atoms with E-state index in [0.29, 0.717) is 24.2 Å². The number of carbonyl (C=O) groups is 1. The molecule has 0 saturated carbocycles. The van der Waals surface area contributed by atoms with Crippen molar-refractivity contribution < 1.29 is 22.5 Å². The van der Waals surface area contributed by atoms with Crippen LogP contribution in [0.15, 0.2) is 57.9 Å². The molecule has 0 unspecified atom stereocenters. The highest BCUT2D eigenvalue weighted by molar-refractivity contribution is 7.89. The van der Waals surface area contributed by atoms with Crippen LogP contribution in [0.5, 0.6) is 0 Å². The van der Waals surface area contributed by atoms with Gasteiger partial charge in [-0.2, -0.15) is 4.31 Å². The van der Waals surface area contributed by atoms with Gasteiger partial charge < -0.3 is 14.6 Å². The van der Waals surface area contributed by atoms with Gasteiger partial charge in [0, 0.05) is 31.7 Å². The zero-order valence-electron chi connectivity index (χ0n) is 16.3. The fraction of sp³-hybridized carbons (Fsp3) is 0.300. The van der Waals surface area contributed by atoms with Gasteiger partial charge in [-0.15, -0.1) is 0 Å². The van der Waals surface area contributed by atoms with Gasteiger partial charge in [-0.1, -0.05) is 41.6 Å². The molecule has 1 amide bonds. The largest absolute Gasteiger partial charge is 0.385 e. The maximum absolute atomic E-state index is 13.4. The topological polar surface area (TPSA) is 102 Å². The molecule has 0 aliphatic carbocycles. The second-order valence-electron chi connectivity index (χ2n) is 6.53. The number of nitrogens with zero attached hydrogens (tertiary/aromatic N) is 2. The summed E-state index contributed by atoms with van der Waals surface area (Å²) >= 11 is 0. The molecule has 9 heteroatoms. The van der Waals surface area contributed by atoms with Gasteiger partial charge in [-0.3, -0.25) is 4.79 Å². The van der Waals surface area contributed by atoms with Crippen LogP contribution in [0.3, 0.4) is 0 Å². The Hall–Kier alpha value is -2.75.